The first-order chi connectivity index (χ1) is 18.1. The van der Waals surface area contributed by atoms with Crippen molar-refractivity contribution in [3.05, 3.63) is 29.6 Å². The van der Waals surface area contributed by atoms with Gasteiger partial charge in [0.15, 0.2) is 15.7 Å². The number of sulfone groups is 1. The van der Waals surface area contributed by atoms with Gasteiger partial charge in [0.05, 0.1) is 22.4 Å². The monoisotopic (exact) mass is 567 g/mol. The van der Waals surface area contributed by atoms with Crippen LogP contribution in [0.15, 0.2) is 23.4 Å². The van der Waals surface area contributed by atoms with Gasteiger partial charge in [-0.15, -0.1) is 11.3 Å². The summed E-state index contributed by atoms with van der Waals surface area (Å²) in [4.78, 5) is 10.7. The molecule has 1 aliphatic carbocycles. The number of halogens is 3. The molecule has 5 heterocycles. The van der Waals surface area contributed by atoms with E-state index in [1.54, 1.807) is 0 Å². The maximum atomic E-state index is 14.0. The minimum atomic E-state index is -4.71. The van der Waals surface area contributed by atoms with E-state index in [0.717, 1.165) is 61.9 Å². The first-order valence-corrected chi connectivity index (χ1v) is 15.1. The number of likely N-dealkylation sites (tertiary alicyclic amines) is 1. The van der Waals surface area contributed by atoms with E-state index >= 15 is 0 Å². The lowest BCUT2D eigenvalue weighted by Gasteiger charge is -2.28. The quantitative estimate of drug-likeness (QED) is 0.449. The summed E-state index contributed by atoms with van der Waals surface area (Å²) in [5.41, 5.74) is -0.351. The highest BCUT2D eigenvalue weighted by Crippen LogP contribution is 2.46. The Bertz CT molecular complexity index is 1460. The molecule has 0 spiro atoms. The summed E-state index contributed by atoms with van der Waals surface area (Å²) in [5.74, 6) is 0.845. The summed E-state index contributed by atoms with van der Waals surface area (Å²) in [5, 5.41) is 11.2. The molecular formula is C24H28F3N7O2S2. The molecule has 0 bridgehead atoms. The van der Waals surface area contributed by atoms with Crippen LogP contribution in [-0.2, 0) is 16.0 Å². The van der Waals surface area contributed by atoms with Gasteiger partial charge >= 0.3 is 6.18 Å². The van der Waals surface area contributed by atoms with Gasteiger partial charge in [0.25, 0.3) is 0 Å². The fourth-order valence-corrected chi connectivity index (χ4v) is 7.96. The van der Waals surface area contributed by atoms with Gasteiger partial charge in [0.1, 0.15) is 15.5 Å². The molecule has 0 aromatic carbocycles. The molecule has 14 heteroatoms. The van der Waals surface area contributed by atoms with Crippen molar-refractivity contribution < 1.29 is 21.6 Å². The SMILES string of the molecule is CN1CCC(n2cc(C3CC3)c(Nc3ncc(C(F)(F)F)c(-c4cc5c(s4)NCCCS5(=O)=O)n3)n2)CC1. The van der Waals surface area contributed by atoms with Gasteiger partial charge in [0.2, 0.25) is 5.95 Å². The van der Waals surface area contributed by atoms with E-state index in [2.05, 4.69) is 32.5 Å². The van der Waals surface area contributed by atoms with E-state index in [-0.39, 0.29) is 33.2 Å². The number of aromatic nitrogens is 4. The van der Waals surface area contributed by atoms with Crippen LogP contribution in [0.25, 0.3) is 10.6 Å². The van der Waals surface area contributed by atoms with Crippen LogP contribution >= 0.6 is 11.3 Å². The van der Waals surface area contributed by atoms with Crippen LogP contribution in [0.4, 0.5) is 29.9 Å². The van der Waals surface area contributed by atoms with Gasteiger partial charge in [-0.1, -0.05) is 0 Å². The molecule has 0 radical (unpaired) electrons. The Hall–Kier alpha value is -2.71. The molecule has 2 fully saturated rings. The van der Waals surface area contributed by atoms with Crippen molar-refractivity contribution in [3.63, 3.8) is 0 Å². The number of fused-ring (bicyclic) bond motifs is 1. The molecule has 3 aromatic heterocycles. The van der Waals surface area contributed by atoms with E-state index in [1.165, 1.54) is 6.07 Å². The highest BCUT2D eigenvalue weighted by atomic mass is 32.2. The molecule has 0 unspecified atom stereocenters. The number of anilines is 3. The van der Waals surface area contributed by atoms with Crippen LogP contribution in [0, 0.1) is 0 Å². The summed E-state index contributed by atoms with van der Waals surface area (Å²) in [7, 11) is -1.50. The van der Waals surface area contributed by atoms with Crippen molar-refractivity contribution in [2.45, 2.75) is 55.1 Å². The number of hydrogen-bond acceptors (Lipinski definition) is 9. The molecule has 204 valence electrons. The van der Waals surface area contributed by atoms with E-state index < -0.39 is 21.6 Å². The average molecular weight is 568 g/mol. The Kier molecular flexibility index (Phi) is 6.38. The largest absolute Gasteiger partial charge is 0.420 e. The molecule has 0 atom stereocenters. The third kappa shape index (κ3) is 5.00. The van der Waals surface area contributed by atoms with Crippen molar-refractivity contribution in [1.82, 2.24) is 24.6 Å². The predicted octanol–water partition coefficient (Wildman–Crippen LogP) is 4.90. The molecule has 1 saturated heterocycles. The van der Waals surface area contributed by atoms with Crippen LogP contribution in [0.3, 0.4) is 0 Å². The van der Waals surface area contributed by atoms with Crippen molar-refractivity contribution in [3.8, 4) is 10.6 Å². The maximum Gasteiger partial charge on any atom is 0.420 e. The molecule has 9 nitrogen and oxygen atoms in total. The van der Waals surface area contributed by atoms with Crippen molar-refractivity contribution in [2.75, 3.05) is 43.1 Å². The number of nitrogens with zero attached hydrogens (tertiary/aromatic N) is 5. The van der Waals surface area contributed by atoms with Crippen LogP contribution in [0.1, 0.15) is 55.2 Å². The van der Waals surface area contributed by atoms with Gasteiger partial charge in [-0.05, 0) is 64.2 Å². The van der Waals surface area contributed by atoms with E-state index in [1.807, 2.05) is 10.9 Å². The molecular weight excluding hydrogens is 539 g/mol. The third-order valence-corrected chi connectivity index (χ3v) is 10.4. The summed E-state index contributed by atoms with van der Waals surface area (Å²) in [6.07, 6.45) is 2.55. The number of nitrogens with one attached hydrogen (secondary N) is 2. The highest BCUT2D eigenvalue weighted by Gasteiger charge is 2.37. The minimum absolute atomic E-state index is 0.0112. The fourth-order valence-electron chi connectivity index (χ4n) is 5.01. The molecule has 38 heavy (non-hydrogen) atoms. The van der Waals surface area contributed by atoms with Crippen LogP contribution in [0.2, 0.25) is 0 Å². The normalized spacial score (nSPS) is 20.5. The zero-order valence-corrected chi connectivity index (χ0v) is 22.4. The summed E-state index contributed by atoms with van der Waals surface area (Å²) in [6.45, 7) is 2.39. The smallest absolute Gasteiger partial charge is 0.376 e. The molecule has 0 amide bonds. The number of rotatable bonds is 5. The van der Waals surface area contributed by atoms with Gasteiger partial charge in [-0.25, -0.2) is 18.4 Å². The number of hydrogen-bond donors (Lipinski definition) is 2. The minimum Gasteiger partial charge on any atom is -0.376 e. The molecule has 2 aliphatic heterocycles. The standard InChI is InChI=1S/C24H28F3N7O2S2/c1-33-8-5-15(6-9-33)34-13-16(14-3-4-14)21(32-34)31-23-29-12-17(24(25,26)27)20(30-23)18-11-19-22(37-18)28-7-2-10-38(19,35)36/h11-15,28H,2-10H2,1H3,(H,29,30,31,32). The number of piperidine rings is 1. The predicted molar refractivity (Wildman–Crippen MR) is 139 cm³/mol. The number of alkyl halides is 3. The molecule has 2 N–H and O–H groups in total. The van der Waals surface area contributed by atoms with Crippen LogP contribution in [-0.4, -0.2) is 65.5 Å². The Morgan fingerprint density at radius 2 is 1.95 bits per heavy atom. The first kappa shape index (κ1) is 25.6. The topological polar surface area (TPSA) is 105 Å². The zero-order valence-electron chi connectivity index (χ0n) is 20.8. The second-order valence-corrected chi connectivity index (χ2v) is 13.3. The Balaban J connectivity index is 1.36. The van der Waals surface area contributed by atoms with Crippen LogP contribution in [0.5, 0.6) is 0 Å². The third-order valence-electron chi connectivity index (χ3n) is 7.31. The summed E-state index contributed by atoms with van der Waals surface area (Å²) >= 11 is 0.958. The molecule has 6 rings (SSSR count). The van der Waals surface area contributed by atoms with Crippen molar-refractivity contribution in [1.29, 1.82) is 0 Å². The van der Waals surface area contributed by atoms with Gasteiger partial charge in [0, 0.05) is 24.5 Å². The lowest BCUT2D eigenvalue weighted by molar-refractivity contribution is -0.137. The van der Waals surface area contributed by atoms with Crippen molar-refractivity contribution in [2.24, 2.45) is 0 Å². The second kappa shape index (κ2) is 9.49. The average Bonchev–Trinajstić information content (AvgIpc) is 3.51. The van der Waals surface area contributed by atoms with Gasteiger partial charge in [-0.3, -0.25) is 4.68 Å². The van der Waals surface area contributed by atoms with Crippen LogP contribution < -0.4 is 10.6 Å². The maximum absolute atomic E-state index is 14.0. The summed E-state index contributed by atoms with van der Waals surface area (Å²) < 4.78 is 69.2. The van der Waals surface area contributed by atoms with Crippen molar-refractivity contribution >= 4 is 37.9 Å². The molecule has 3 aliphatic rings. The molecule has 3 aromatic rings. The van der Waals surface area contributed by atoms with E-state index in [4.69, 9.17) is 5.10 Å². The molecule has 1 saturated carbocycles. The zero-order chi connectivity index (χ0) is 26.7. The Morgan fingerprint density at radius 3 is 2.66 bits per heavy atom. The number of thiophene rings is 1. The van der Waals surface area contributed by atoms with E-state index in [0.29, 0.717) is 29.7 Å². The second-order valence-electron chi connectivity index (χ2n) is 10.2. The first-order valence-electron chi connectivity index (χ1n) is 12.7. The lowest BCUT2D eigenvalue weighted by Crippen LogP contribution is -2.31. The Morgan fingerprint density at radius 1 is 1.18 bits per heavy atom. The highest BCUT2D eigenvalue weighted by molar-refractivity contribution is 7.91. The lowest BCUT2D eigenvalue weighted by atomic mass is 10.1. The summed E-state index contributed by atoms with van der Waals surface area (Å²) in [6, 6.07) is 1.55. The van der Waals surface area contributed by atoms with Gasteiger partial charge < -0.3 is 15.5 Å². The van der Waals surface area contributed by atoms with E-state index in [9.17, 15) is 21.6 Å². The van der Waals surface area contributed by atoms with Gasteiger partial charge in [-0.2, -0.15) is 18.3 Å². The fraction of sp³-hybridized carbons (Fsp3) is 0.542. The Labute approximate surface area is 222 Å².